The van der Waals surface area contributed by atoms with Crippen molar-refractivity contribution >= 4 is 8.80 Å². The first-order chi connectivity index (χ1) is 11.8. The summed E-state index contributed by atoms with van der Waals surface area (Å²) in [6, 6.07) is 28.3. The van der Waals surface area contributed by atoms with E-state index < -0.39 is 8.80 Å². The fraction of sp³-hybridized carbons (Fsp3) is 0.0526. The minimum absolute atomic E-state index is 0.145. The number of hydrogen-bond donors (Lipinski definition) is 1. The standard InChI is InChI=1S/C19H19NO3Si/c20-16-24(21-17-10-4-1-5-11-17,22-18-12-6-2-7-13-18)23-19-14-8-3-9-15-19/h1-15H,16,20H2. The fourth-order valence-corrected chi connectivity index (χ4v) is 4.05. The van der Waals surface area contributed by atoms with Gasteiger partial charge in [-0.15, -0.1) is 0 Å². The van der Waals surface area contributed by atoms with Gasteiger partial charge in [0.25, 0.3) is 0 Å². The monoisotopic (exact) mass is 337 g/mol. The normalized spacial score (nSPS) is 10.9. The number of nitrogens with two attached hydrogens (primary N) is 1. The molecule has 5 heteroatoms. The maximum absolute atomic E-state index is 6.13. The summed E-state index contributed by atoms with van der Waals surface area (Å²) in [5, 5.41) is 0. The van der Waals surface area contributed by atoms with Crippen LogP contribution in [0.2, 0.25) is 0 Å². The van der Waals surface area contributed by atoms with Crippen LogP contribution in [0, 0.1) is 0 Å². The van der Waals surface area contributed by atoms with Crippen LogP contribution in [-0.4, -0.2) is 15.0 Å². The van der Waals surface area contributed by atoms with Crippen LogP contribution in [0.1, 0.15) is 0 Å². The van der Waals surface area contributed by atoms with E-state index in [9.17, 15) is 0 Å². The first-order valence-electron chi connectivity index (χ1n) is 7.72. The highest BCUT2D eigenvalue weighted by Gasteiger charge is 2.48. The van der Waals surface area contributed by atoms with Crippen molar-refractivity contribution in [2.45, 2.75) is 0 Å². The van der Waals surface area contributed by atoms with Crippen LogP contribution in [-0.2, 0) is 0 Å². The van der Waals surface area contributed by atoms with Crippen molar-refractivity contribution in [3.63, 3.8) is 0 Å². The zero-order chi connectivity index (χ0) is 16.7. The van der Waals surface area contributed by atoms with Crippen molar-refractivity contribution in [3.05, 3.63) is 91.0 Å². The average molecular weight is 337 g/mol. The highest BCUT2D eigenvalue weighted by Crippen LogP contribution is 2.23. The van der Waals surface area contributed by atoms with Gasteiger partial charge in [0.15, 0.2) is 0 Å². The number of rotatable bonds is 7. The second-order valence-corrected chi connectivity index (χ2v) is 7.52. The van der Waals surface area contributed by atoms with Gasteiger partial charge in [0.1, 0.15) is 23.4 Å². The van der Waals surface area contributed by atoms with E-state index in [-0.39, 0.29) is 6.17 Å². The predicted octanol–water partition coefficient (Wildman–Crippen LogP) is 3.66. The van der Waals surface area contributed by atoms with E-state index in [0.29, 0.717) is 17.2 Å². The third-order valence-corrected chi connectivity index (χ3v) is 5.44. The topological polar surface area (TPSA) is 53.7 Å². The molecule has 0 unspecified atom stereocenters. The summed E-state index contributed by atoms with van der Waals surface area (Å²) >= 11 is 0. The average Bonchev–Trinajstić information content (AvgIpc) is 2.64. The van der Waals surface area contributed by atoms with Gasteiger partial charge >= 0.3 is 8.80 Å². The second-order valence-electron chi connectivity index (χ2n) is 5.13. The van der Waals surface area contributed by atoms with Gasteiger partial charge in [-0.1, -0.05) is 54.6 Å². The first-order valence-corrected chi connectivity index (χ1v) is 9.65. The Labute approximate surface area is 142 Å². The molecule has 3 aromatic rings. The van der Waals surface area contributed by atoms with Gasteiger partial charge in [-0.25, -0.2) is 0 Å². The number of para-hydroxylation sites is 3. The Kier molecular flexibility index (Phi) is 5.15. The summed E-state index contributed by atoms with van der Waals surface area (Å²) in [4.78, 5) is 0. The van der Waals surface area contributed by atoms with Crippen molar-refractivity contribution in [2.24, 2.45) is 5.73 Å². The van der Waals surface area contributed by atoms with Crippen LogP contribution in [0.4, 0.5) is 0 Å². The predicted molar refractivity (Wildman–Crippen MR) is 96.0 cm³/mol. The van der Waals surface area contributed by atoms with Crippen LogP contribution in [0.3, 0.4) is 0 Å². The number of hydrogen-bond acceptors (Lipinski definition) is 4. The Bertz CT molecular complexity index is 637. The SMILES string of the molecule is NC[Si](Oc1ccccc1)(Oc1ccccc1)Oc1ccccc1. The summed E-state index contributed by atoms with van der Waals surface area (Å²) in [5.41, 5.74) is 6.04. The van der Waals surface area contributed by atoms with Crippen LogP contribution in [0.25, 0.3) is 0 Å². The van der Waals surface area contributed by atoms with Crippen LogP contribution >= 0.6 is 0 Å². The second kappa shape index (κ2) is 7.67. The zero-order valence-electron chi connectivity index (χ0n) is 13.2. The van der Waals surface area contributed by atoms with Gasteiger partial charge in [-0.05, 0) is 36.4 Å². The van der Waals surface area contributed by atoms with Crippen molar-refractivity contribution in [2.75, 3.05) is 6.17 Å². The van der Waals surface area contributed by atoms with E-state index in [1.54, 1.807) is 0 Å². The molecule has 122 valence electrons. The van der Waals surface area contributed by atoms with Crippen molar-refractivity contribution in [1.29, 1.82) is 0 Å². The molecule has 0 bridgehead atoms. The molecule has 0 saturated heterocycles. The Morgan fingerprint density at radius 1 is 0.542 bits per heavy atom. The molecule has 0 amide bonds. The van der Waals surface area contributed by atoms with Gasteiger partial charge in [0.2, 0.25) is 0 Å². The molecule has 3 aromatic carbocycles. The molecule has 0 fully saturated rings. The van der Waals surface area contributed by atoms with Gasteiger partial charge in [0, 0.05) is 0 Å². The molecule has 0 aliphatic carbocycles. The van der Waals surface area contributed by atoms with Crippen LogP contribution in [0.5, 0.6) is 17.2 Å². The molecule has 0 spiro atoms. The van der Waals surface area contributed by atoms with E-state index in [2.05, 4.69) is 0 Å². The van der Waals surface area contributed by atoms with Crippen LogP contribution in [0.15, 0.2) is 91.0 Å². The molecule has 0 saturated carbocycles. The van der Waals surface area contributed by atoms with E-state index in [1.165, 1.54) is 0 Å². The molecular weight excluding hydrogens is 318 g/mol. The summed E-state index contributed by atoms with van der Waals surface area (Å²) in [6.07, 6.45) is 0.145. The fourth-order valence-electron chi connectivity index (χ4n) is 2.19. The molecule has 2 N–H and O–H groups in total. The van der Waals surface area contributed by atoms with Crippen molar-refractivity contribution in [3.8, 4) is 17.2 Å². The first kappa shape index (κ1) is 16.1. The Hall–Kier alpha value is -2.76. The molecule has 0 aliphatic rings. The molecule has 0 aliphatic heterocycles. The van der Waals surface area contributed by atoms with Gasteiger partial charge in [-0.3, -0.25) is 0 Å². The lowest BCUT2D eigenvalue weighted by Gasteiger charge is -2.29. The van der Waals surface area contributed by atoms with E-state index >= 15 is 0 Å². The van der Waals surface area contributed by atoms with E-state index in [0.717, 1.165) is 0 Å². The van der Waals surface area contributed by atoms with Gasteiger partial charge in [0.05, 0.1) is 0 Å². The summed E-state index contributed by atoms with van der Waals surface area (Å²) in [5.74, 6) is 2.00. The molecule has 24 heavy (non-hydrogen) atoms. The molecular formula is C19H19NO3Si. The van der Waals surface area contributed by atoms with Gasteiger partial charge in [-0.2, -0.15) is 0 Å². The minimum Gasteiger partial charge on any atom is -0.483 e. The molecule has 0 radical (unpaired) electrons. The lowest BCUT2D eigenvalue weighted by molar-refractivity contribution is 0.262. The third-order valence-electron chi connectivity index (χ3n) is 3.30. The van der Waals surface area contributed by atoms with E-state index in [1.807, 2.05) is 91.0 Å². The summed E-state index contributed by atoms with van der Waals surface area (Å²) in [6.45, 7) is 0. The van der Waals surface area contributed by atoms with Gasteiger partial charge < -0.3 is 19.0 Å². The van der Waals surface area contributed by atoms with Crippen molar-refractivity contribution in [1.82, 2.24) is 0 Å². The van der Waals surface area contributed by atoms with Crippen molar-refractivity contribution < 1.29 is 13.3 Å². The Morgan fingerprint density at radius 3 is 1.08 bits per heavy atom. The lowest BCUT2D eigenvalue weighted by atomic mass is 10.3. The number of benzene rings is 3. The zero-order valence-corrected chi connectivity index (χ0v) is 14.2. The summed E-state index contributed by atoms with van der Waals surface area (Å²) < 4.78 is 18.4. The molecule has 3 rings (SSSR count). The lowest BCUT2D eigenvalue weighted by Crippen LogP contribution is -2.61. The largest absolute Gasteiger partial charge is 0.713 e. The smallest absolute Gasteiger partial charge is 0.483 e. The maximum Gasteiger partial charge on any atom is 0.713 e. The maximum atomic E-state index is 6.13. The minimum atomic E-state index is -3.21. The summed E-state index contributed by atoms with van der Waals surface area (Å²) in [7, 11) is -3.21. The Balaban J connectivity index is 1.91. The highest BCUT2D eigenvalue weighted by atomic mass is 28.4. The van der Waals surface area contributed by atoms with E-state index in [4.69, 9.17) is 19.0 Å². The Morgan fingerprint density at radius 2 is 0.833 bits per heavy atom. The molecule has 0 heterocycles. The quantitative estimate of drug-likeness (QED) is 0.669. The third kappa shape index (κ3) is 4.16. The molecule has 0 atom stereocenters. The molecule has 4 nitrogen and oxygen atoms in total. The van der Waals surface area contributed by atoms with Crippen LogP contribution < -0.4 is 19.0 Å². The molecule has 0 aromatic heterocycles. The highest BCUT2D eigenvalue weighted by molar-refractivity contribution is 6.63.